The molecule has 0 N–H and O–H groups in total. The topological polar surface area (TPSA) is 72.5 Å². The van der Waals surface area contributed by atoms with Crippen LogP contribution in [0.25, 0.3) is 0 Å². The summed E-state index contributed by atoms with van der Waals surface area (Å²) in [7, 11) is 6.14. The van der Waals surface area contributed by atoms with Gasteiger partial charge in [0.15, 0.2) is 11.4 Å². The Morgan fingerprint density at radius 2 is 1.87 bits per heavy atom. The predicted octanol–water partition coefficient (Wildman–Crippen LogP) is 3.69. The highest BCUT2D eigenvalue weighted by Gasteiger charge is 2.60. The second-order valence-corrected chi connectivity index (χ2v) is 8.99. The monoisotopic (exact) mass is 436 g/mol. The standard InChI is InChI=1S/C24H36O7/c1-15(2)18-9-10-23(28-7,21(25)27-6)20-19(26-5)11-16(3)12-22(30-20)13-17(4)24(14-18,29-8)31-22/h12-13,18-20H,1,9-11,14H2,2-8H3/t18-,19+,20-,22-,23+,24-/m0/s1. The van der Waals surface area contributed by atoms with Crippen molar-refractivity contribution in [3.05, 3.63) is 35.5 Å². The molecule has 0 saturated carbocycles. The molecule has 0 amide bonds. The number of hydrogen-bond donors (Lipinski definition) is 0. The van der Waals surface area contributed by atoms with Crippen LogP contribution in [0.1, 0.15) is 46.5 Å². The average Bonchev–Trinajstić information content (AvgIpc) is 2.91. The van der Waals surface area contributed by atoms with Crippen molar-refractivity contribution < 1.29 is 33.2 Å². The molecular weight excluding hydrogens is 400 g/mol. The number of fused-ring (bicyclic) bond motifs is 2. The normalized spacial score (nSPS) is 40.4. The quantitative estimate of drug-likeness (QED) is 0.481. The second kappa shape index (κ2) is 8.79. The molecule has 3 bridgehead atoms. The number of allylic oxidation sites excluding steroid dienone is 1. The molecule has 0 aliphatic carbocycles. The SMILES string of the molecule is C=C(C)[C@H]1CC[C@](OC)(C(=O)OC)[C@H]2O[C@]3(C=C(C)C[C@H]2OC)C=C(C)[C@](OC)(C1)O3. The Morgan fingerprint density at radius 1 is 1.16 bits per heavy atom. The van der Waals surface area contributed by atoms with Crippen LogP contribution in [0.2, 0.25) is 0 Å². The number of carbonyl (C=O) groups is 1. The minimum atomic E-state index is -1.37. The Labute approximate surface area is 185 Å². The zero-order valence-electron chi connectivity index (χ0n) is 19.8. The van der Waals surface area contributed by atoms with Crippen LogP contribution in [0.15, 0.2) is 35.5 Å². The first-order chi connectivity index (χ1) is 14.6. The molecule has 1 fully saturated rings. The molecule has 174 valence electrons. The summed E-state index contributed by atoms with van der Waals surface area (Å²) < 4.78 is 36.2. The fourth-order valence-corrected chi connectivity index (χ4v) is 5.21. The van der Waals surface area contributed by atoms with Crippen LogP contribution in [0.5, 0.6) is 0 Å². The van der Waals surface area contributed by atoms with Crippen molar-refractivity contribution in [3.8, 4) is 0 Å². The van der Waals surface area contributed by atoms with Crippen LogP contribution in [0.3, 0.4) is 0 Å². The van der Waals surface area contributed by atoms with E-state index in [1.165, 1.54) is 14.2 Å². The van der Waals surface area contributed by atoms with Crippen LogP contribution in [0, 0.1) is 5.92 Å². The summed E-state index contributed by atoms with van der Waals surface area (Å²) in [5.41, 5.74) is 1.57. The Bertz CT molecular complexity index is 787. The van der Waals surface area contributed by atoms with E-state index >= 15 is 0 Å². The maximum Gasteiger partial charge on any atom is 0.340 e. The van der Waals surface area contributed by atoms with Crippen molar-refractivity contribution in [1.82, 2.24) is 0 Å². The number of carbonyl (C=O) groups excluding carboxylic acids is 1. The predicted molar refractivity (Wildman–Crippen MR) is 115 cm³/mol. The maximum absolute atomic E-state index is 13.2. The van der Waals surface area contributed by atoms with Gasteiger partial charge in [-0.25, -0.2) is 4.79 Å². The van der Waals surface area contributed by atoms with Gasteiger partial charge in [0, 0.05) is 27.8 Å². The summed E-state index contributed by atoms with van der Waals surface area (Å²) in [6.45, 7) is 10.2. The van der Waals surface area contributed by atoms with Gasteiger partial charge in [-0.3, -0.25) is 0 Å². The maximum atomic E-state index is 13.2. The molecule has 6 atom stereocenters. The van der Waals surface area contributed by atoms with Gasteiger partial charge in [0.05, 0.1) is 13.2 Å². The Morgan fingerprint density at radius 3 is 2.42 bits per heavy atom. The fourth-order valence-electron chi connectivity index (χ4n) is 5.21. The molecule has 0 unspecified atom stereocenters. The molecule has 3 heterocycles. The molecule has 0 aromatic heterocycles. The number of rotatable bonds is 5. The van der Waals surface area contributed by atoms with Gasteiger partial charge >= 0.3 is 5.97 Å². The first kappa shape index (κ1) is 24.1. The third-order valence-corrected chi connectivity index (χ3v) is 7.03. The molecule has 7 nitrogen and oxygen atoms in total. The summed E-state index contributed by atoms with van der Waals surface area (Å²) in [5, 5.41) is 0. The van der Waals surface area contributed by atoms with Crippen LogP contribution in [-0.2, 0) is 33.2 Å². The average molecular weight is 437 g/mol. The van der Waals surface area contributed by atoms with Gasteiger partial charge < -0.3 is 28.4 Å². The van der Waals surface area contributed by atoms with Crippen molar-refractivity contribution in [2.75, 3.05) is 28.4 Å². The molecule has 0 aromatic carbocycles. The molecule has 7 heteroatoms. The lowest BCUT2D eigenvalue weighted by Crippen LogP contribution is -2.60. The Balaban J connectivity index is 2.24. The van der Waals surface area contributed by atoms with Crippen molar-refractivity contribution >= 4 is 5.97 Å². The van der Waals surface area contributed by atoms with Gasteiger partial charge in [-0.2, -0.15) is 0 Å². The van der Waals surface area contributed by atoms with E-state index in [9.17, 15) is 4.79 Å². The first-order valence-corrected chi connectivity index (χ1v) is 10.7. The lowest BCUT2D eigenvalue weighted by atomic mass is 9.79. The number of hydrogen-bond acceptors (Lipinski definition) is 7. The van der Waals surface area contributed by atoms with Crippen molar-refractivity contribution in [3.63, 3.8) is 0 Å². The molecular formula is C24H36O7. The number of methoxy groups -OCH3 is 4. The molecule has 1 spiro atoms. The van der Waals surface area contributed by atoms with E-state index in [1.807, 2.05) is 32.9 Å². The van der Waals surface area contributed by atoms with Crippen LogP contribution in [-0.4, -0.2) is 63.8 Å². The Kier molecular flexibility index (Phi) is 6.84. The summed E-state index contributed by atoms with van der Waals surface area (Å²) in [5.74, 6) is -2.62. The molecule has 31 heavy (non-hydrogen) atoms. The van der Waals surface area contributed by atoms with E-state index < -0.39 is 35.4 Å². The molecule has 0 aromatic rings. The van der Waals surface area contributed by atoms with Crippen LogP contribution in [0.4, 0.5) is 0 Å². The fraction of sp³-hybridized carbons (Fsp3) is 0.708. The summed E-state index contributed by atoms with van der Waals surface area (Å²) in [6, 6.07) is 0. The van der Waals surface area contributed by atoms with Gasteiger partial charge in [0.2, 0.25) is 5.79 Å². The molecule has 3 rings (SSSR count). The van der Waals surface area contributed by atoms with E-state index in [0.717, 1.165) is 16.7 Å². The third kappa shape index (κ3) is 4.02. The van der Waals surface area contributed by atoms with Gasteiger partial charge in [-0.05, 0) is 63.7 Å². The minimum absolute atomic E-state index is 0.0313. The highest BCUT2D eigenvalue weighted by molar-refractivity contribution is 5.80. The largest absolute Gasteiger partial charge is 0.467 e. The number of esters is 1. The molecule has 3 aliphatic heterocycles. The smallest absolute Gasteiger partial charge is 0.340 e. The summed E-state index contributed by atoms with van der Waals surface area (Å²) in [4.78, 5) is 13.2. The minimum Gasteiger partial charge on any atom is -0.467 e. The number of ether oxygens (including phenoxy) is 6. The summed E-state index contributed by atoms with van der Waals surface area (Å²) in [6.07, 6.45) is 4.78. The third-order valence-electron chi connectivity index (χ3n) is 7.03. The summed E-state index contributed by atoms with van der Waals surface area (Å²) >= 11 is 0. The lowest BCUT2D eigenvalue weighted by molar-refractivity contribution is -0.325. The van der Waals surface area contributed by atoms with E-state index in [-0.39, 0.29) is 5.92 Å². The molecule has 0 radical (unpaired) electrons. The van der Waals surface area contributed by atoms with Gasteiger partial charge in [0.25, 0.3) is 0 Å². The van der Waals surface area contributed by atoms with Crippen molar-refractivity contribution in [1.29, 1.82) is 0 Å². The van der Waals surface area contributed by atoms with Gasteiger partial charge in [-0.1, -0.05) is 17.7 Å². The van der Waals surface area contributed by atoms with Gasteiger partial charge in [-0.15, -0.1) is 0 Å². The van der Waals surface area contributed by atoms with Crippen LogP contribution < -0.4 is 0 Å². The van der Waals surface area contributed by atoms with E-state index in [2.05, 4.69) is 6.58 Å². The van der Waals surface area contributed by atoms with E-state index in [0.29, 0.717) is 25.7 Å². The van der Waals surface area contributed by atoms with E-state index in [1.54, 1.807) is 14.2 Å². The highest BCUT2D eigenvalue weighted by Crippen LogP contribution is 2.50. The highest BCUT2D eigenvalue weighted by atomic mass is 16.8. The van der Waals surface area contributed by atoms with Gasteiger partial charge in [0.1, 0.15) is 6.10 Å². The Hall–Kier alpha value is -1.51. The van der Waals surface area contributed by atoms with Crippen molar-refractivity contribution in [2.45, 2.75) is 75.8 Å². The van der Waals surface area contributed by atoms with Crippen LogP contribution >= 0.6 is 0 Å². The molecule has 1 saturated heterocycles. The van der Waals surface area contributed by atoms with Crippen molar-refractivity contribution in [2.24, 2.45) is 5.92 Å². The lowest BCUT2D eigenvalue weighted by Gasteiger charge is -2.45. The zero-order valence-corrected chi connectivity index (χ0v) is 19.8. The zero-order chi connectivity index (χ0) is 23.0. The molecule has 3 aliphatic rings. The van der Waals surface area contributed by atoms with E-state index in [4.69, 9.17) is 28.4 Å². The first-order valence-electron chi connectivity index (χ1n) is 10.7. The second-order valence-electron chi connectivity index (χ2n) is 8.99.